The maximum Gasteiger partial charge on any atom is 0.408 e. The molecule has 0 aromatic carbocycles. The summed E-state index contributed by atoms with van der Waals surface area (Å²) in [4.78, 5) is 27.5. The number of ether oxygens (including phenoxy) is 1. The van der Waals surface area contributed by atoms with Crippen LogP contribution in [0.2, 0.25) is 0 Å². The second-order valence-electron chi connectivity index (χ2n) is 4.66. The Morgan fingerprint density at radius 3 is 2.29 bits per heavy atom. The second-order valence-corrected chi connectivity index (χ2v) is 4.66. The van der Waals surface area contributed by atoms with E-state index < -0.39 is 17.7 Å². The first-order chi connectivity index (χ1) is 7.80. The van der Waals surface area contributed by atoms with Crippen LogP contribution in [0.1, 0.15) is 40.5 Å². The Bertz CT molecular complexity index is 261. The number of nitrogens with one attached hydrogen (secondary N) is 2. The highest BCUT2D eigenvalue weighted by Gasteiger charge is 2.23. The lowest BCUT2D eigenvalue weighted by Crippen LogP contribution is -2.47. The second kappa shape index (κ2) is 7.11. The van der Waals surface area contributed by atoms with Gasteiger partial charge in [-0.3, -0.25) is 9.63 Å². The highest BCUT2D eigenvalue weighted by Crippen LogP contribution is 2.07. The van der Waals surface area contributed by atoms with Crippen molar-refractivity contribution in [1.82, 2.24) is 10.8 Å². The Morgan fingerprint density at radius 2 is 1.88 bits per heavy atom. The van der Waals surface area contributed by atoms with E-state index in [1.54, 1.807) is 20.8 Å². The van der Waals surface area contributed by atoms with Crippen LogP contribution >= 0.6 is 0 Å². The van der Waals surface area contributed by atoms with Crippen molar-refractivity contribution in [1.29, 1.82) is 0 Å². The van der Waals surface area contributed by atoms with Crippen molar-refractivity contribution in [2.24, 2.45) is 0 Å². The van der Waals surface area contributed by atoms with E-state index in [2.05, 4.69) is 15.6 Å². The van der Waals surface area contributed by atoms with Gasteiger partial charge in [-0.1, -0.05) is 13.3 Å². The van der Waals surface area contributed by atoms with Gasteiger partial charge in [0.15, 0.2) is 0 Å². The molecule has 0 bridgehead atoms. The normalized spacial score (nSPS) is 12.8. The number of amides is 2. The van der Waals surface area contributed by atoms with Crippen LogP contribution in [-0.4, -0.2) is 30.8 Å². The van der Waals surface area contributed by atoms with Crippen molar-refractivity contribution in [3.8, 4) is 0 Å². The average Bonchev–Trinajstić information content (AvgIpc) is 2.14. The van der Waals surface area contributed by atoms with Crippen LogP contribution in [0.3, 0.4) is 0 Å². The molecule has 0 radical (unpaired) electrons. The van der Waals surface area contributed by atoms with Gasteiger partial charge < -0.3 is 10.1 Å². The number of carbonyl (C=O) groups is 2. The largest absolute Gasteiger partial charge is 0.444 e. The zero-order valence-electron chi connectivity index (χ0n) is 11.1. The van der Waals surface area contributed by atoms with Crippen LogP contribution < -0.4 is 10.8 Å². The molecule has 100 valence electrons. The molecule has 0 saturated heterocycles. The summed E-state index contributed by atoms with van der Waals surface area (Å²) in [6, 6.07) is -0.644. The minimum Gasteiger partial charge on any atom is -0.444 e. The zero-order valence-corrected chi connectivity index (χ0v) is 11.1. The van der Waals surface area contributed by atoms with Gasteiger partial charge in [-0.2, -0.15) is 0 Å². The molecular formula is C11H22N2O4. The van der Waals surface area contributed by atoms with Crippen LogP contribution in [0.4, 0.5) is 4.79 Å². The lowest BCUT2D eigenvalue weighted by atomic mass is 10.1. The fourth-order valence-electron chi connectivity index (χ4n) is 1.18. The third kappa shape index (κ3) is 7.57. The van der Waals surface area contributed by atoms with Gasteiger partial charge in [-0.25, -0.2) is 10.3 Å². The third-order valence-corrected chi connectivity index (χ3v) is 1.79. The molecule has 0 aliphatic rings. The minimum atomic E-state index is -0.644. The molecular weight excluding hydrogens is 224 g/mol. The summed E-state index contributed by atoms with van der Waals surface area (Å²) >= 11 is 0. The molecule has 0 aliphatic carbocycles. The summed E-state index contributed by atoms with van der Waals surface area (Å²) in [5.41, 5.74) is 1.60. The predicted molar refractivity (Wildman–Crippen MR) is 63.2 cm³/mol. The first-order valence-electron chi connectivity index (χ1n) is 5.62. The number of hydroxylamine groups is 1. The van der Waals surface area contributed by atoms with E-state index in [0.29, 0.717) is 6.42 Å². The molecule has 0 saturated carbocycles. The van der Waals surface area contributed by atoms with E-state index in [-0.39, 0.29) is 5.91 Å². The highest BCUT2D eigenvalue weighted by molar-refractivity contribution is 5.84. The lowest BCUT2D eigenvalue weighted by Gasteiger charge is -2.22. The predicted octanol–water partition coefficient (Wildman–Crippen LogP) is 1.36. The zero-order chi connectivity index (χ0) is 13.5. The number of hydrogen-bond acceptors (Lipinski definition) is 4. The fraction of sp³-hybridized carbons (Fsp3) is 0.818. The Hall–Kier alpha value is -1.30. The number of rotatable bonds is 5. The summed E-state index contributed by atoms with van der Waals surface area (Å²) in [5, 5.41) is 2.51. The molecule has 1 atom stereocenters. The Kier molecular flexibility index (Phi) is 6.57. The van der Waals surface area contributed by atoms with Gasteiger partial charge in [0.25, 0.3) is 5.91 Å². The SMILES string of the molecule is CCC[C@H](NC(=O)OC(C)(C)C)C(=O)NOC. The van der Waals surface area contributed by atoms with Crippen LogP contribution in [-0.2, 0) is 14.4 Å². The van der Waals surface area contributed by atoms with E-state index in [1.165, 1.54) is 7.11 Å². The molecule has 0 spiro atoms. The molecule has 2 amide bonds. The fourth-order valence-corrected chi connectivity index (χ4v) is 1.18. The van der Waals surface area contributed by atoms with E-state index in [1.807, 2.05) is 6.92 Å². The van der Waals surface area contributed by atoms with Crippen LogP contribution in [0.15, 0.2) is 0 Å². The van der Waals surface area contributed by atoms with Crippen molar-refractivity contribution >= 4 is 12.0 Å². The molecule has 6 heteroatoms. The van der Waals surface area contributed by atoms with Crippen molar-refractivity contribution in [2.75, 3.05) is 7.11 Å². The monoisotopic (exact) mass is 246 g/mol. The van der Waals surface area contributed by atoms with Gasteiger partial charge in [-0.15, -0.1) is 0 Å². The number of hydrogen-bond donors (Lipinski definition) is 2. The third-order valence-electron chi connectivity index (χ3n) is 1.79. The Balaban J connectivity index is 4.34. The first-order valence-corrected chi connectivity index (χ1v) is 5.62. The molecule has 6 nitrogen and oxygen atoms in total. The number of carbonyl (C=O) groups excluding carboxylic acids is 2. The summed E-state index contributed by atoms with van der Waals surface area (Å²) in [6.45, 7) is 7.20. The molecule has 0 aliphatic heterocycles. The first kappa shape index (κ1) is 15.7. The van der Waals surface area contributed by atoms with Gasteiger partial charge in [0.1, 0.15) is 11.6 Å². The van der Waals surface area contributed by atoms with E-state index in [4.69, 9.17) is 4.74 Å². The number of alkyl carbamates (subject to hydrolysis) is 1. The van der Waals surface area contributed by atoms with E-state index >= 15 is 0 Å². The van der Waals surface area contributed by atoms with Crippen molar-refractivity contribution in [2.45, 2.75) is 52.2 Å². The highest BCUT2D eigenvalue weighted by atomic mass is 16.6. The summed E-state index contributed by atoms with van der Waals surface area (Å²) in [5.74, 6) is -0.389. The molecule has 0 rings (SSSR count). The maximum atomic E-state index is 11.5. The van der Waals surface area contributed by atoms with Crippen molar-refractivity contribution < 1.29 is 19.2 Å². The summed E-state index contributed by atoms with van der Waals surface area (Å²) in [6.07, 6.45) is 0.675. The quantitative estimate of drug-likeness (QED) is 0.718. The van der Waals surface area contributed by atoms with Crippen LogP contribution in [0.5, 0.6) is 0 Å². The molecule has 2 N–H and O–H groups in total. The lowest BCUT2D eigenvalue weighted by molar-refractivity contribution is -0.133. The minimum absolute atomic E-state index is 0.389. The summed E-state index contributed by atoms with van der Waals surface area (Å²) in [7, 11) is 1.34. The van der Waals surface area contributed by atoms with Crippen LogP contribution in [0.25, 0.3) is 0 Å². The van der Waals surface area contributed by atoms with Gasteiger partial charge >= 0.3 is 6.09 Å². The van der Waals surface area contributed by atoms with Crippen molar-refractivity contribution in [3.05, 3.63) is 0 Å². The molecule has 0 fully saturated rings. The topological polar surface area (TPSA) is 76.7 Å². The molecule has 0 aromatic heterocycles. The smallest absolute Gasteiger partial charge is 0.408 e. The van der Waals surface area contributed by atoms with E-state index in [0.717, 1.165) is 6.42 Å². The maximum absolute atomic E-state index is 11.5. The Labute approximate surface area is 102 Å². The standard InChI is InChI=1S/C11H22N2O4/c1-6-7-8(9(14)13-16-5)12-10(15)17-11(2,3)4/h8H,6-7H2,1-5H3,(H,12,15)(H,13,14)/t8-/m0/s1. The molecule has 0 heterocycles. The van der Waals surface area contributed by atoms with Gasteiger partial charge in [0.05, 0.1) is 7.11 Å². The van der Waals surface area contributed by atoms with Gasteiger partial charge in [0, 0.05) is 0 Å². The molecule has 17 heavy (non-hydrogen) atoms. The average molecular weight is 246 g/mol. The Morgan fingerprint density at radius 1 is 1.29 bits per heavy atom. The van der Waals surface area contributed by atoms with Gasteiger partial charge in [-0.05, 0) is 27.2 Å². The summed E-state index contributed by atoms with van der Waals surface area (Å²) < 4.78 is 5.07. The molecule has 0 unspecified atom stereocenters. The van der Waals surface area contributed by atoms with E-state index in [9.17, 15) is 9.59 Å². The van der Waals surface area contributed by atoms with Gasteiger partial charge in [0.2, 0.25) is 0 Å². The molecule has 0 aromatic rings. The van der Waals surface area contributed by atoms with Crippen molar-refractivity contribution in [3.63, 3.8) is 0 Å². The van der Waals surface area contributed by atoms with Crippen LogP contribution in [0, 0.1) is 0 Å².